The average molecular weight is 751 g/mol. The minimum Gasteiger partial charge on any atom is -0.481 e. The zero-order chi connectivity index (χ0) is 40.8. The van der Waals surface area contributed by atoms with Crippen molar-refractivity contribution in [1.29, 1.82) is 0 Å². The molecule has 0 aromatic rings. The van der Waals surface area contributed by atoms with Crippen LogP contribution in [0, 0.1) is 58.7 Å². The monoisotopic (exact) mass is 750 g/mol. The summed E-state index contributed by atoms with van der Waals surface area (Å²) >= 11 is 0. The van der Waals surface area contributed by atoms with Crippen molar-refractivity contribution in [2.75, 3.05) is 0 Å². The molecule has 0 aliphatic heterocycles. The Kier molecular flexibility index (Phi) is 18.4. The van der Waals surface area contributed by atoms with Gasteiger partial charge in [0.25, 0.3) is 0 Å². The smallest absolute Gasteiger partial charge is 0.309 e. The number of carboxylic acid groups (broad SMARTS) is 10. The molecule has 52 heavy (non-hydrogen) atoms. The van der Waals surface area contributed by atoms with Crippen LogP contribution in [0.15, 0.2) is 0 Å². The summed E-state index contributed by atoms with van der Waals surface area (Å²) in [5.41, 5.74) is -1.62. The van der Waals surface area contributed by atoms with Crippen LogP contribution in [0.3, 0.4) is 0 Å². The first kappa shape index (κ1) is 46.7. The molecule has 20 heteroatoms. The predicted molar refractivity (Wildman–Crippen MR) is 169 cm³/mol. The number of hydrogen-bond donors (Lipinski definition) is 10. The van der Waals surface area contributed by atoms with Crippen LogP contribution in [0.2, 0.25) is 0 Å². The molecule has 0 saturated carbocycles. The SMILES string of the molecule is CC(CC(CC(CC(CC(CC(CC(CC(CC(CC(C)(C)C(=O)O)C(=O)O)C(=O)O)C(=O)O)C(=O)O)C(=O)O)C(=O)O)C(=O)O)C(=O)O)C(=O)O. The van der Waals surface area contributed by atoms with Gasteiger partial charge in [-0.05, 0) is 71.6 Å². The number of carboxylic acids is 10. The Balaban J connectivity index is 6.27. The zero-order valence-corrected chi connectivity index (χ0v) is 28.6. The summed E-state index contributed by atoms with van der Waals surface area (Å²) < 4.78 is 0. The van der Waals surface area contributed by atoms with Crippen molar-refractivity contribution in [3.63, 3.8) is 0 Å². The fraction of sp³-hybridized carbons (Fsp3) is 0.688. The average Bonchev–Trinajstić information content (AvgIpc) is 2.99. The van der Waals surface area contributed by atoms with Crippen LogP contribution in [-0.4, -0.2) is 111 Å². The van der Waals surface area contributed by atoms with Crippen molar-refractivity contribution in [3.05, 3.63) is 0 Å². The van der Waals surface area contributed by atoms with E-state index in [9.17, 15) is 93.9 Å². The van der Waals surface area contributed by atoms with E-state index >= 15 is 0 Å². The fourth-order valence-electron chi connectivity index (χ4n) is 5.99. The molecule has 10 N–H and O–H groups in total. The van der Waals surface area contributed by atoms with Crippen LogP contribution in [-0.2, 0) is 47.9 Å². The van der Waals surface area contributed by atoms with Gasteiger partial charge in [0.2, 0.25) is 0 Å². The van der Waals surface area contributed by atoms with Gasteiger partial charge in [0.05, 0.1) is 58.7 Å². The maximum Gasteiger partial charge on any atom is 0.309 e. The van der Waals surface area contributed by atoms with Crippen molar-refractivity contribution in [2.45, 2.75) is 78.6 Å². The molecule has 0 aliphatic carbocycles. The molecule has 0 aromatic heterocycles. The molecule has 0 rings (SSSR count). The van der Waals surface area contributed by atoms with Crippen LogP contribution in [0.1, 0.15) is 78.6 Å². The molecule has 0 spiro atoms. The maximum atomic E-state index is 12.2. The van der Waals surface area contributed by atoms with Gasteiger partial charge in [-0.2, -0.15) is 0 Å². The van der Waals surface area contributed by atoms with E-state index in [1.54, 1.807) is 0 Å². The maximum absolute atomic E-state index is 12.2. The molecule has 294 valence electrons. The molecule has 0 fully saturated rings. The number of carbonyl (C=O) groups is 10. The molecule has 0 saturated heterocycles. The highest BCUT2D eigenvalue weighted by atomic mass is 16.4. The third-order valence-corrected chi connectivity index (χ3v) is 9.17. The van der Waals surface area contributed by atoms with Gasteiger partial charge in [0.15, 0.2) is 0 Å². The van der Waals surface area contributed by atoms with E-state index in [4.69, 9.17) is 5.11 Å². The lowest BCUT2D eigenvalue weighted by Crippen LogP contribution is -2.34. The third-order valence-electron chi connectivity index (χ3n) is 9.17. The summed E-state index contributed by atoms with van der Waals surface area (Å²) in [5.74, 6) is -31.2. The lowest BCUT2D eigenvalue weighted by atomic mass is 9.76. The summed E-state index contributed by atoms with van der Waals surface area (Å²) in [6, 6.07) is 0. The van der Waals surface area contributed by atoms with Crippen molar-refractivity contribution >= 4 is 59.7 Å². The molecule has 0 amide bonds. The molecule has 9 unspecified atom stereocenters. The zero-order valence-electron chi connectivity index (χ0n) is 28.6. The van der Waals surface area contributed by atoms with Crippen LogP contribution in [0.5, 0.6) is 0 Å². The number of aliphatic carboxylic acids is 10. The first-order valence-electron chi connectivity index (χ1n) is 16.0. The topological polar surface area (TPSA) is 373 Å². The van der Waals surface area contributed by atoms with Crippen LogP contribution in [0.4, 0.5) is 0 Å². The summed E-state index contributed by atoms with van der Waals surface area (Å²) in [7, 11) is 0. The Morgan fingerprint density at radius 2 is 0.538 bits per heavy atom. The van der Waals surface area contributed by atoms with Crippen molar-refractivity contribution in [3.8, 4) is 0 Å². The normalized spacial score (nSPS) is 16.8. The van der Waals surface area contributed by atoms with E-state index in [1.807, 2.05) is 0 Å². The van der Waals surface area contributed by atoms with E-state index in [0.717, 1.165) is 0 Å². The van der Waals surface area contributed by atoms with Gasteiger partial charge in [-0.15, -0.1) is 0 Å². The Hall–Kier alpha value is -5.30. The van der Waals surface area contributed by atoms with Gasteiger partial charge in [0.1, 0.15) is 0 Å². The van der Waals surface area contributed by atoms with Gasteiger partial charge < -0.3 is 51.1 Å². The number of hydrogen-bond acceptors (Lipinski definition) is 10. The van der Waals surface area contributed by atoms with Gasteiger partial charge in [-0.25, -0.2) is 0 Å². The molecule has 0 bridgehead atoms. The lowest BCUT2D eigenvalue weighted by molar-refractivity contribution is -0.154. The van der Waals surface area contributed by atoms with Crippen LogP contribution in [0.25, 0.3) is 0 Å². The van der Waals surface area contributed by atoms with Crippen molar-refractivity contribution in [2.24, 2.45) is 58.7 Å². The van der Waals surface area contributed by atoms with Crippen molar-refractivity contribution in [1.82, 2.24) is 0 Å². The minimum atomic E-state index is -1.85. The van der Waals surface area contributed by atoms with E-state index in [0.29, 0.717) is 0 Å². The fourth-order valence-corrected chi connectivity index (χ4v) is 5.99. The van der Waals surface area contributed by atoms with E-state index in [1.165, 1.54) is 20.8 Å². The Bertz CT molecular complexity index is 1370. The summed E-state index contributed by atoms with van der Waals surface area (Å²) in [6.45, 7) is 3.57. The summed E-state index contributed by atoms with van der Waals surface area (Å²) in [6.07, 6.45) is -6.87. The standard InChI is InChI=1S/C32H46O20/c1-13(22(33)34)4-14(23(35)36)5-15(24(37)38)6-16(25(39)40)7-17(26(41)42)8-18(27(43)44)9-19(28(45)46)10-20(29(47)48)11-21(30(49)50)12-32(2,3)31(51)52/h13-21H,4-12H2,1-3H3,(H,33,34)(H,35,36)(H,37,38)(H,39,40)(H,41,42)(H,43,44)(H,45,46)(H,47,48)(H,49,50)(H,51,52). The second-order valence-electron chi connectivity index (χ2n) is 13.8. The summed E-state index contributed by atoms with van der Waals surface area (Å²) in [4.78, 5) is 119. The van der Waals surface area contributed by atoms with Gasteiger partial charge in [0, 0.05) is 0 Å². The van der Waals surface area contributed by atoms with Crippen LogP contribution < -0.4 is 0 Å². The molecule has 9 atom stereocenters. The molecule has 0 heterocycles. The second kappa shape index (κ2) is 20.5. The Morgan fingerprint density at radius 1 is 0.346 bits per heavy atom. The Morgan fingerprint density at radius 3 is 0.712 bits per heavy atom. The molecule has 0 aliphatic rings. The third kappa shape index (κ3) is 15.7. The quantitative estimate of drug-likeness (QED) is 0.0546. The molecule has 0 radical (unpaired) electrons. The molecule has 0 aromatic carbocycles. The molecular weight excluding hydrogens is 704 g/mol. The predicted octanol–water partition coefficient (Wildman–Crippen LogP) is 1.94. The number of rotatable bonds is 28. The highest BCUT2D eigenvalue weighted by Crippen LogP contribution is 2.35. The first-order chi connectivity index (χ1) is 23.7. The van der Waals surface area contributed by atoms with Gasteiger partial charge in [-0.1, -0.05) is 6.92 Å². The van der Waals surface area contributed by atoms with E-state index < -0.39 is 176 Å². The minimum absolute atomic E-state index is 0.505. The highest BCUT2D eigenvalue weighted by Gasteiger charge is 2.40. The van der Waals surface area contributed by atoms with Crippen LogP contribution >= 0.6 is 0 Å². The van der Waals surface area contributed by atoms with Gasteiger partial charge >= 0.3 is 59.7 Å². The van der Waals surface area contributed by atoms with E-state index in [-0.39, 0.29) is 0 Å². The highest BCUT2D eigenvalue weighted by molar-refractivity contribution is 5.80. The van der Waals surface area contributed by atoms with Crippen molar-refractivity contribution < 1.29 is 99.0 Å². The first-order valence-corrected chi connectivity index (χ1v) is 16.0. The second-order valence-corrected chi connectivity index (χ2v) is 13.8. The molecule has 20 nitrogen and oxygen atoms in total. The lowest BCUT2D eigenvalue weighted by Gasteiger charge is -2.27. The summed E-state index contributed by atoms with van der Waals surface area (Å²) in [5, 5.41) is 96.5. The van der Waals surface area contributed by atoms with E-state index in [2.05, 4.69) is 0 Å². The molecular formula is C32H46O20. The Labute approximate surface area is 296 Å². The van der Waals surface area contributed by atoms with Gasteiger partial charge in [-0.3, -0.25) is 47.9 Å². The largest absolute Gasteiger partial charge is 0.481 e.